The lowest BCUT2D eigenvalue weighted by molar-refractivity contribution is 0.339. The molecule has 0 unspecified atom stereocenters. The maximum atomic E-state index is 9.94. The third-order valence-corrected chi connectivity index (χ3v) is 4.40. The number of hydrogen-bond donors (Lipinski definition) is 3. The molecule has 6 nitrogen and oxygen atoms in total. The summed E-state index contributed by atoms with van der Waals surface area (Å²) in [5, 5.41) is 18.5. The highest BCUT2D eigenvalue weighted by Gasteiger charge is 2.11. The molecule has 2 aromatic rings. The summed E-state index contributed by atoms with van der Waals surface area (Å²) in [6.45, 7) is 1.34. The van der Waals surface area contributed by atoms with Gasteiger partial charge in [0.25, 0.3) is 0 Å². The molecular formula is C17H23N3O3S. The van der Waals surface area contributed by atoms with Crippen LogP contribution in [0.5, 0.6) is 17.2 Å². The van der Waals surface area contributed by atoms with Crippen molar-refractivity contribution in [3.63, 3.8) is 0 Å². The van der Waals surface area contributed by atoms with Crippen LogP contribution in [0.3, 0.4) is 0 Å². The molecule has 0 saturated carbocycles. The number of guanidine groups is 1. The average Bonchev–Trinajstić information content (AvgIpc) is 3.12. The molecule has 0 atom stereocenters. The molecule has 3 N–H and O–H groups in total. The number of benzene rings is 1. The zero-order chi connectivity index (χ0) is 17.4. The summed E-state index contributed by atoms with van der Waals surface area (Å²) in [7, 11) is 4.76. The van der Waals surface area contributed by atoms with Crippen molar-refractivity contribution >= 4 is 17.3 Å². The molecule has 0 radical (unpaired) electrons. The smallest absolute Gasteiger partial charge is 0.200 e. The van der Waals surface area contributed by atoms with E-state index in [0.717, 1.165) is 24.5 Å². The molecule has 1 aromatic carbocycles. The molecule has 7 heteroatoms. The lowest BCUT2D eigenvalue weighted by Crippen LogP contribution is -2.37. The lowest BCUT2D eigenvalue weighted by atomic mass is 10.2. The van der Waals surface area contributed by atoms with E-state index in [2.05, 4.69) is 33.1 Å². The number of ether oxygens (including phenoxy) is 2. The fraction of sp³-hybridized carbons (Fsp3) is 0.353. The summed E-state index contributed by atoms with van der Waals surface area (Å²) in [5.74, 6) is 1.48. The van der Waals surface area contributed by atoms with Gasteiger partial charge in [0.05, 0.1) is 14.2 Å². The van der Waals surface area contributed by atoms with Gasteiger partial charge in [-0.25, -0.2) is 0 Å². The van der Waals surface area contributed by atoms with E-state index in [1.807, 2.05) is 0 Å². The van der Waals surface area contributed by atoms with Crippen LogP contribution < -0.4 is 20.1 Å². The van der Waals surface area contributed by atoms with E-state index in [9.17, 15) is 5.11 Å². The van der Waals surface area contributed by atoms with Crippen LogP contribution in [-0.4, -0.2) is 38.9 Å². The van der Waals surface area contributed by atoms with Crippen LogP contribution in [0.1, 0.15) is 10.4 Å². The number of nitrogens with zero attached hydrogens (tertiary/aromatic N) is 1. The van der Waals surface area contributed by atoms with E-state index in [-0.39, 0.29) is 5.75 Å². The van der Waals surface area contributed by atoms with Gasteiger partial charge in [0.2, 0.25) is 5.75 Å². The lowest BCUT2D eigenvalue weighted by Gasteiger charge is -2.14. The van der Waals surface area contributed by atoms with Crippen molar-refractivity contribution in [2.24, 2.45) is 4.99 Å². The minimum Gasteiger partial charge on any atom is -0.502 e. The van der Waals surface area contributed by atoms with Crippen LogP contribution in [0.25, 0.3) is 0 Å². The van der Waals surface area contributed by atoms with Gasteiger partial charge in [0, 0.05) is 25.0 Å². The monoisotopic (exact) mass is 349 g/mol. The molecule has 1 heterocycles. The Bertz CT molecular complexity index is 647. The van der Waals surface area contributed by atoms with E-state index < -0.39 is 0 Å². The van der Waals surface area contributed by atoms with Crippen LogP contribution in [0, 0.1) is 0 Å². The molecule has 0 aliphatic heterocycles. The van der Waals surface area contributed by atoms with E-state index in [4.69, 9.17) is 9.47 Å². The van der Waals surface area contributed by atoms with E-state index >= 15 is 0 Å². The summed E-state index contributed by atoms with van der Waals surface area (Å²) < 4.78 is 10.3. The van der Waals surface area contributed by atoms with Crippen LogP contribution in [0.2, 0.25) is 0 Å². The number of aromatic hydroxyl groups is 1. The van der Waals surface area contributed by atoms with E-state index in [1.165, 1.54) is 19.1 Å². The largest absolute Gasteiger partial charge is 0.502 e. The van der Waals surface area contributed by atoms with Crippen LogP contribution in [-0.2, 0) is 13.0 Å². The molecule has 130 valence electrons. The van der Waals surface area contributed by atoms with Crippen molar-refractivity contribution in [2.75, 3.05) is 27.8 Å². The Kier molecular flexibility index (Phi) is 6.74. The number of rotatable bonds is 7. The normalized spacial score (nSPS) is 11.2. The standard InChI is InChI=1S/C17H23N3O3S/c1-18-17(19-7-6-13-5-4-8-24-13)20-11-12-9-14(22-2)16(21)15(10-12)23-3/h4-5,8-10,21H,6-7,11H2,1-3H3,(H2,18,19,20). The van der Waals surface area contributed by atoms with Gasteiger partial charge in [0.1, 0.15) is 0 Å². The van der Waals surface area contributed by atoms with Gasteiger partial charge in [-0.05, 0) is 35.6 Å². The molecular weight excluding hydrogens is 326 g/mol. The zero-order valence-corrected chi connectivity index (χ0v) is 14.9. The van der Waals surface area contributed by atoms with Crippen molar-refractivity contribution in [1.29, 1.82) is 0 Å². The molecule has 24 heavy (non-hydrogen) atoms. The first-order valence-corrected chi connectivity index (χ1v) is 8.46. The molecule has 0 amide bonds. The molecule has 0 saturated heterocycles. The van der Waals surface area contributed by atoms with E-state index in [0.29, 0.717) is 18.0 Å². The maximum absolute atomic E-state index is 9.94. The summed E-state index contributed by atoms with van der Waals surface area (Å²) in [4.78, 5) is 5.55. The van der Waals surface area contributed by atoms with Gasteiger partial charge >= 0.3 is 0 Å². The molecule has 0 spiro atoms. The summed E-state index contributed by atoms with van der Waals surface area (Å²) in [5.41, 5.74) is 0.919. The Hall–Kier alpha value is -2.41. The Morgan fingerprint density at radius 1 is 1.21 bits per heavy atom. The van der Waals surface area contributed by atoms with Crippen molar-refractivity contribution in [3.8, 4) is 17.2 Å². The fourth-order valence-electron chi connectivity index (χ4n) is 2.22. The number of nitrogens with one attached hydrogen (secondary N) is 2. The maximum Gasteiger partial charge on any atom is 0.200 e. The summed E-state index contributed by atoms with van der Waals surface area (Å²) in [6, 6.07) is 7.71. The van der Waals surface area contributed by atoms with Gasteiger partial charge in [-0.3, -0.25) is 4.99 Å². The summed E-state index contributed by atoms with van der Waals surface area (Å²) in [6.07, 6.45) is 0.958. The van der Waals surface area contributed by atoms with Crippen LogP contribution >= 0.6 is 11.3 Å². The minimum atomic E-state index is 0.00204. The highest BCUT2D eigenvalue weighted by atomic mass is 32.1. The molecule has 0 bridgehead atoms. The van der Waals surface area contributed by atoms with Gasteiger partial charge in [-0.15, -0.1) is 11.3 Å². The molecule has 0 aliphatic rings. The molecule has 2 rings (SSSR count). The number of methoxy groups -OCH3 is 2. The summed E-state index contributed by atoms with van der Waals surface area (Å²) >= 11 is 1.75. The second kappa shape index (κ2) is 9.02. The van der Waals surface area contributed by atoms with Gasteiger partial charge in [-0.1, -0.05) is 6.07 Å². The molecule has 0 aliphatic carbocycles. The van der Waals surface area contributed by atoms with Crippen molar-refractivity contribution < 1.29 is 14.6 Å². The second-order valence-corrected chi connectivity index (χ2v) is 6.06. The number of hydrogen-bond acceptors (Lipinski definition) is 5. The highest BCUT2D eigenvalue weighted by Crippen LogP contribution is 2.36. The first-order valence-electron chi connectivity index (χ1n) is 7.58. The van der Waals surface area contributed by atoms with Crippen LogP contribution in [0.4, 0.5) is 0 Å². The van der Waals surface area contributed by atoms with Gasteiger partial charge in [-0.2, -0.15) is 0 Å². The number of thiophene rings is 1. The Morgan fingerprint density at radius 3 is 2.46 bits per heavy atom. The van der Waals surface area contributed by atoms with Crippen molar-refractivity contribution in [3.05, 3.63) is 40.1 Å². The SMILES string of the molecule is CN=C(NCCc1cccs1)NCc1cc(OC)c(O)c(OC)c1. The predicted octanol–water partition coefficient (Wildman–Crippen LogP) is 2.38. The number of phenolic OH excluding ortho intramolecular Hbond substituents is 1. The number of aliphatic imine (C=N–C) groups is 1. The first-order chi connectivity index (χ1) is 11.7. The van der Waals surface area contributed by atoms with Gasteiger partial charge < -0.3 is 25.2 Å². The first kappa shape index (κ1) is 17.9. The van der Waals surface area contributed by atoms with Gasteiger partial charge in [0.15, 0.2) is 17.5 Å². The fourth-order valence-corrected chi connectivity index (χ4v) is 2.92. The van der Waals surface area contributed by atoms with Crippen LogP contribution in [0.15, 0.2) is 34.6 Å². The minimum absolute atomic E-state index is 0.00204. The molecule has 0 fully saturated rings. The topological polar surface area (TPSA) is 75.1 Å². The van der Waals surface area contributed by atoms with E-state index in [1.54, 1.807) is 30.5 Å². The Balaban J connectivity index is 1.90. The van der Waals surface area contributed by atoms with Crippen molar-refractivity contribution in [2.45, 2.75) is 13.0 Å². The number of phenols is 1. The quantitative estimate of drug-likeness (QED) is 0.529. The third-order valence-electron chi connectivity index (χ3n) is 3.47. The molecule has 1 aromatic heterocycles. The average molecular weight is 349 g/mol. The zero-order valence-electron chi connectivity index (χ0n) is 14.1. The third kappa shape index (κ3) is 4.79. The Morgan fingerprint density at radius 2 is 1.92 bits per heavy atom. The predicted molar refractivity (Wildman–Crippen MR) is 97.4 cm³/mol. The highest BCUT2D eigenvalue weighted by molar-refractivity contribution is 7.09. The van der Waals surface area contributed by atoms with Crippen molar-refractivity contribution in [1.82, 2.24) is 10.6 Å². The second-order valence-electron chi connectivity index (χ2n) is 5.03. The Labute approximate surface area is 146 Å².